The summed E-state index contributed by atoms with van der Waals surface area (Å²) in [6.45, 7) is 4.38. The van der Waals surface area contributed by atoms with Crippen molar-refractivity contribution in [3.8, 4) is 11.5 Å². The van der Waals surface area contributed by atoms with Gasteiger partial charge < -0.3 is 19.7 Å². The smallest absolute Gasteiger partial charge is 0.261 e. The van der Waals surface area contributed by atoms with Gasteiger partial charge in [-0.05, 0) is 59.7 Å². The lowest BCUT2D eigenvalue weighted by Gasteiger charge is -2.32. The van der Waals surface area contributed by atoms with Gasteiger partial charge in [0.1, 0.15) is 17.5 Å². The van der Waals surface area contributed by atoms with Gasteiger partial charge >= 0.3 is 0 Å². The molecule has 1 saturated carbocycles. The standard InChI is InChI=1S/C33H40N2O4/c1-24(2)27-16-18-29(19-17-27)39-23-32(36)35(22-26-12-9-15-30(20-26)38-3)31(21-25-10-5-4-6-11-25)33(37)34-28-13-7-8-14-28/h4-6,9-12,15-20,24,28,31H,7-8,13-14,21-23H2,1-3H3,(H,34,37)/t31-/m1/s1. The van der Waals surface area contributed by atoms with Crippen LogP contribution in [0.4, 0.5) is 0 Å². The Balaban J connectivity index is 1.60. The monoisotopic (exact) mass is 528 g/mol. The highest BCUT2D eigenvalue weighted by Gasteiger charge is 2.32. The molecule has 1 fully saturated rings. The van der Waals surface area contributed by atoms with E-state index in [1.807, 2.05) is 78.9 Å². The van der Waals surface area contributed by atoms with Crippen molar-refractivity contribution in [2.75, 3.05) is 13.7 Å². The Morgan fingerprint density at radius 2 is 1.59 bits per heavy atom. The predicted octanol–water partition coefficient (Wildman–Crippen LogP) is 5.90. The molecular weight excluding hydrogens is 488 g/mol. The molecule has 1 atom stereocenters. The minimum absolute atomic E-state index is 0.122. The van der Waals surface area contributed by atoms with E-state index in [0.29, 0.717) is 23.8 Å². The summed E-state index contributed by atoms with van der Waals surface area (Å²) in [5.74, 6) is 1.38. The van der Waals surface area contributed by atoms with Crippen molar-refractivity contribution in [3.05, 3.63) is 95.6 Å². The first-order valence-corrected chi connectivity index (χ1v) is 13.9. The molecular formula is C33H40N2O4. The third-order valence-corrected chi connectivity index (χ3v) is 7.37. The molecule has 1 aliphatic rings. The Morgan fingerprint density at radius 1 is 0.897 bits per heavy atom. The summed E-state index contributed by atoms with van der Waals surface area (Å²) in [6, 6.07) is 24.8. The Morgan fingerprint density at radius 3 is 2.26 bits per heavy atom. The van der Waals surface area contributed by atoms with Gasteiger partial charge in [0.05, 0.1) is 7.11 Å². The van der Waals surface area contributed by atoms with Crippen molar-refractivity contribution in [1.82, 2.24) is 10.2 Å². The molecule has 0 radical (unpaired) electrons. The normalized spacial score (nSPS) is 14.2. The molecule has 1 aliphatic carbocycles. The maximum Gasteiger partial charge on any atom is 0.261 e. The molecule has 0 aromatic heterocycles. The van der Waals surface area contributed by atoms with Crippen molar-refractivity contribution in [1.29, 1.82) is 0 Å². The Kier molecular flexibility index (Phi) is 10.0. The van der Waals surface area contributed by atoms with E-state index in [4.69, 9.17) is 9.47 Å². The molecule has 1 N–H and O–H groups in total. The lowest BCUT2D eigenvalue weighted by Crippen LogP contribution is -2.53. The molecule has 3 aromatic rings. The molecule has 3 aromatic carbocycles. The maximum absolute atomic E-state index is 13.8. The van der Waals surface area contributed by atoms with Crippen molar-refractivity contribution >= 4 is 11.8 Å². The van der Waals surface area contributed by atoms with Crippen LogP contribution in [0.1, 0.15) is 62.1 Å². The van der Waals surface area contributed by atoms with E-state index < -0.39 is 6.04 Å². The highest BCUT2D eigenvalue weighted by molar-refractivity contribution is 5.88. The quantitative estimate of drug-likeness (QED) is 0.318. The van der Waals surface area contributed by atoms with Crippen molar-refractivity contribution in [3.63, 3.8) is 0 Å². The average Bonchev–Trinajstić information content (AvgIpc) is 3.47. The number of benzene rings is 3. The summed E-state index contributed by atoms with van der Waals surface area (Å²) in [5, 5.41) is 3.24. The molecule has 0 unspecified atom stereocenters. The lowest BCUT2D eigenvalue weighted by atomic mass is 10.0. The maximum atomic E-state index is 13.8. The summed E-state index contributed by atoms with van der Waals surface area (Å²) in [7, 11) is 1.62. The average molecular weight is 529 g/mol. The highest BCUT2D eigenvalue weighted by atomic mass is 16.5. The van der Waals surface area contributed by atoms with E-state index in [9.17, 15) is 9.59 Å². The van der Waals surface area contributed by atoms with Crippen LogP contribution >= 0.6 is 0 Å². The summed E-state index contributed by atoms with van der Waals surface area (Å²) in [6.07, 6.45) is 4.60. The van der Waals surface area contributed by atoms with Gasteiger partial charge in [-0.1, -0.05) is 81.3 Å². The first-order valence-electron chi connectivity index (χ1n) is 13.9. The number of carbonyl (C=O) groups is 2. The summed E-state index contributed by atoms with van der Waals surface area (Å²) in [5.41, 5.74) is 3.09. The predicted molar refractivity (Wildman–Crippen MR) is 154 cm³/mol. The SMILES string of the molecule is COc1cccc(CN(C(=O)COc2ccc(C(C)C)cc2)[C@H](Cc2ccccc2)C(=O)NC2CCCC2)c1. The van der Waals surface area contributed by atoms with Crippen molar-refractivity contribution < 1.29 is 19.1 Å². The van der Waals surface area contributed by atoms with E-state index in [2.05, 4.69) is 19.2 Å². The van der Waals surface area contributed by atoms with Crippen molar-refractivity contribution in [2.45, 2.75) is 70.5 Å². The molecule has 0 bridgehead atoms. The van der Waals surface area contributed by atoms with Crippen LogP contribution in [0.5, 0.6) is 11.5 Å². The summed E-state index contributed by atoms with van der Waals surface area (Å²) >= 11 is 0. The molecule has 39 heavy (non-hydrogen) atoms. The second-order valence-electron chi connectivity index (χ2n) is 10.6. The zero-order chi connectivity index (χ0) is 27.6. The van der Waals surface area contributed by atoms with E-state index in [0.717, 1.165) is 36.8 Å². The van der Waals surface area contributed by atoms with Gasteiger partial charge in [-0.25, -0.2) is 0 Å². The second kappa shape index (κ2) is 13.8. The number of methoxy groups -OCH3 is 1. The molecule has 0 aliphatic heterocycles. The third kappa shape index (κ3) is 8.09. The molecule has 0 saturated heterocycles. The lowest BCUT2D eigenvalue weighted by molar-refractivity contribution is -0.143. The van der Waals surface area contributed by atoms with E-state index in [1.54, 1.807) is 12.0 Å². The van der Waals surface area contributed by atoms with Gasteiger partial charge in [-0.3, -0.25) is 9.59 Å². The van der Waals surface area contributed by atoms with Crippen LogP contribution in [-0.2, 0) is 22.6 Å². The van der Waals surface area contributed by atoms with Crippen LogP contribution in [0.3, 0.4) is 0 Å². The van der Waals surface area contributed by atoms with E-state index in [1.165, 1.54) is 5.56 Å². The molecule has 6 heteroatoms. The molecule has 0 spiro atoms. The van der Waals surface area contributed by atoms with Crippen LogP contribution in [-0.4, -0.2) is 42.5 Å². The van der Waals surface area contributed by atoms with Crippen LogP contribution in [0.25, 0.3) is 0 Å². The molecule has 0 heterocycles. The third-order valence-electron chi connectivity index (χ3n) is 7.37. The molecule has 6 nitrogen and oxygen atoms in total. The number of nitrogens with one attached hydrogen (secondary N) is 1. The number of hydrogen-bond acceptors (Lipinski definition) is 4. The van der Waals surface area contributed by atoms with Gasteiger partial charge in [0.25, 0.3) is 5.91 Å². The second-order valence-corrected chi connectivity index (χ2v) is 10.6. The van der Waals surface area contributed by atoms with Gasteiger partial charge in [-0.15, -0.1) is 0 Å². The number of ether oxygens (including phenoxy) is 2. The van der Waals surface area contributed by atoms with Crippen LogP contribution in [0.15, 0.2) is 78.9 Å². The van der Waals surface area contributed by atoms with Crippen LogP contribution in [0, 0.1) is 0 Å². The number of nitrogens with zero attached hydrogens (tertiary/aromatic N) is 1. The fourth-order valence-electron chi connectivity index (χ4n) is 5.07. The van der Waals surface area contributed by atoms with Gasteiger partial charge in [0.15, 0.2) is 6.61 Å². The first-order chi connectivity index (χ1) is 18.9. The summed E-state index contributed by atoms with van der Waals surface area (Å²) < 4.78 is 11.3. The van der Waals surface area contributed by atoms with Crippen LogP contribution < -0.4 is 14.8 Å². The largest absolute Gasteiger partial charge is 0.497 e. The molecule has 4 rings (SSSR count). The Hall–Kier alpha value is -3.80. The van der Waals surface area contributed by atoms with E-state index >= 15 is 0 Å². The Labute approximate surface area is 232 Å². The van der Waals surface area contributed by atoms with Gasteiger partial charge in [0.2, 0.25) is 5.91 Å². The van der Waals surface area contributed by atoms with Gasteiger partial charge in [0, 0.05) is 19.0 Å². The van der Waals surface area contributed by atoms with E-state index in [-0.39, 0.29) is 31.0 Å². The van der Waals surface area contributed by atoms with Crippen LogP contribution in [0.2, 0.25) is 0 Å². The van der Waals surface area contributed by atoms with Gasteiger partial charge in [-0.2, -0.15) is 0 Å². The zero-order valence-electron chi connectivity index (χ0n) is 23.3. The first kappa shape index (κ1) is 28.2. The number of hydrogen-bond donors (Lipinski definition) is 1. The minimum Gasteiger partial charge on any atom is -0.497 e. The van der Waals surface area contributed by atoms with Crippen molar-refractivity contribution in [2.24, 2.45) is 0 Å². The summed E-state index contributed by atoms with van der Waals surface area (Å²) in [4.78, 5) is 29.2. The fraction of sp³-hybridized carbons (Fsp3) is 0.394. The minimum atomic E-state index is -0.682. The fourth-order valence-corrected chi connectivity index (χ4v) is 5.07. The zero-order valence-corrected chi connectivity index (χ0v) is 23.3. The molecule has 2 amide bonds. The highest BCUT2D eigenvalue weighted by Crippen LogP contribution is 2.22. The Bertz CT molecular complexity index is 1200. The number of rotatable bonds is 12. The molecule has 206 valence electrons. The number of carbonyl (C=O) groups excluding carboxylic acids is 2. The number of amides is 2. The topological polar surface area (TPSA) is 67.9 Å².